The average Bonchev–Trinajstić information content (AvgIpc) is 3.19. The number of rotatable bonds is 8. The molecule has 0 saturated heterocycles. The first-order valence-electron chi connectivity index (χ1n) is 10.1. The number of hydrogen-bond acceptors (Lipinski definition) is 6. The predicted molar refractivity (Wildman–Crippen MR) is 136 cm³/mol. The zero-order valence-corrected chi connectivity index (χ0v) is 21.7. The molecule has 1 heterocycles. The summed E-state index contributed by atoms with van der Waals surface area (Å²) in [6.07, 6.45) is 1.11. The third-order valence-corrected chi connectivity index (χ3v) is 7.91. The van der Waals surface area contributed by atoms with Crippen molar-refractivity contribution in [1.29, 1.82) is 0 Å². The van der Waals surface area contributed by atoms with Crippen LogP contribution in [0.5, 0.6) is 0 Å². The minimum atomic E-state index is -3.57. The molecule has 0 atom stereocenters. The summed E-state index contributed by atoms with van der Waals surface area (Å²) in [6.45, 7) is 8.80. The Bertz CT molecular complexity index is 1170. The van der Waals surface area contributed by atoms with Gasteiger partial charge in [-0.25, -0.2) is 13.4 Å². The second-order valence-electron chi connectivity index (χ2n) is 7.29. The molecule has 0 spiro atoms. The minimum Gasteiger partial charge on any atom is -0.302 e. The Morgan fingerprint density at radius 3 is 2.34 bits per heavy atom. The molecule has 0 aliphatic heterocycles. The maximum atomic E-state index is 13.6. The second kappa shape index (κ2) is 10.9. The second-order valence-corrected chi connectivity index (χ2v) is 10.7. The largest absolute Gasteiger partial charge is 0.302 e. The molecule has 0 aliphatic carbocycles. The zero-order chi connectivity index (χ0) is 22.8. The van der Waals surface area contributed by atoms with Crippen molar-refractivity contribution in [3.63, 3.8) is 0 Å². The van der Waals surface area contributed by atoms with Crippen LogP contribution in [0.15, 0.2) is 41.3 Å². The number of likely N-dealkylation sites (N-methyl/N-ethyl adjacent to an activating group) is 1. The van der Waals surface area contributed by atoms with Gasteiger partial charge in [-0.3, -0.25) is 9.69 Å². The van der Waals surface area contributed by atoms with E-state index in [2.05, 4.69) is 18.7 Å². The van der Waals surface area contributed by atoms with Gasteiger partial charge in [0.15, 0.2) is 15.0 Å². The topological polar surface area (TPSA) is 70.6 Å². The van der Waals surface area contributed by atoms with Gasteiger partial charge < -0.3 is 4.90 Å². The monoisotopic (exact) mass is 515 g/mol. The highest BCUT2D eigenvalue weighted by atomic mass is 35.5. The van der Waals surface area contributed by atoms with E-state index < -0.39 is 9.84 Å². The molecule has 0 aliphatic rings. The molecule has 0 N–H and O–H groups in total. The van der Waals surface area contributed by atoms with Crippen molar-refractivity contribution in [3.05, 3.63) is 52.5 Å². The van der Waals surface area contributed by atoms with Gasteiger partial charge in [0.25, 0.3) is 5.91 Å². The van der Waals surface area contributed by atoms with Crippen LogP contribution in [0.4, 0.5) is 5.13 Å². The molecular formula is C22H27Cl2N3O3S2. The quantitative estimate of drug-likeness (QED) is 0.418. The molecule has 0 saturated carbocycles. The predicted octanol–water partition coefficient (Wildman–Crippen LogP) is 5.07. The van der Waals surface area contributed by atoms with Gasteiger partial charge in [-0.2, -0.15) is 0 Å². The Morgan fingerprint density at radius 1 is 1.09 bits per heavy atom. The van der Waals surface area contributed by atoms with Crippen LogP contribution in [0.3, 0.4) is 0 Å². The van der Waals surface area contributed by atoms with E-state index in [4.69, 9.17) is 16.6 Å². The van der Waals surface area contributed by atoms with Crippen LogP contribution < -0.4 is 4.90 Å². The van der Waals surface area contributed by atoms with Gasteiger partial charge in [0.05, 0.1) is 25.7 Å². The molecule has 10 heteroatoms. The summed E-state index contributed by atoms with van der Waals surface area (Å²) in [4.78, 5) is 22.1. The molecule has 6 nitrogen and oxygen atoms in total. The van der Waals surface area contributed by atoms with Crippen LogP contribution in [0.2, 0.25) is 5.02 Å². The fraction of sp³-hybridized carbons (Fsp3) is 0.364. The summed E-state index contributed by atoms with van der Waals surface area (Å²) >= 11 is 7.72. The van der Waals surface area contributed by atoms with Crippen LogP contribution in [0.25, 0.3) is 10.2 Å². The molecule has 2 aromatic carbocycles. The van der Waals surface area contributed by atoms with E-state index in [-0.39, 0.29) is 28.8 Å². The summed E-state index contributed by atoms with van der Waals surface area (Å²) in [5.74, 6) is -0.388. The smallest absolute Gasteiger partial charge is 0.261 e. The molecule has 3 aromatic rings. The average molecular weight is 517 g/mol. The fourth-order valence-corrected chi connectivity index (χ4v) is 5.61. The van der Waals surface area contributed by atoms with Gasteiger partial charge in [0.1, 0.15) is 0 Å². The first-order valence-corrected chi connectivity index (χ1v) is 13.1. The molecule has 0 bridgehead atoms. The molecule has 174 valence electrons. The van der Waals surface area contributed by atoms with E-state index in [0.29, 0.717) is 23.2 Å². The van der Waals surface area contributed by atoms with Gasteiger partial charge in [-0.15, -0.1) is 12.4 Å². The SMILES string of the molecule is CCN(CC)CCN(C(=O)c1ccccc1S(C)(=O)=O)c1nc2c(C)ccc(Cl)c2s1.Cl. The number of aromatic nitrogens is 1. The van der Waals surface area contributed by atoms with Crippen molar-refractivity contribution in [3.8, 4) is 0 Å². The highest BCUT2D eigenvalue weighted by Gasteiger charge is 2.27. The molecule has 0 radical (unpaired) electrons. The van der Waals surface area contributed by atoms with Crippen LogP contribution >= 0.6 is 35.3 Å². The number of hydrogen-bond donors (Lipinski definition) is 0. The first-order chi connectivity index (χ1) is 14.7. The third-order valence-electron chi connectivity index (χ3n) is 5.21. The Balaban J connectivity index is 0.00000363. The number of amides is 1. The molecular weight excluding hydrogens is 489 g/mol. The minimum absolute atomic E-state index is 0. The third kappa shape index (κ3) is 5.61. The van der Waals surface area contributed by atoms with E-state index in [9.17, 15) is 13.2 Å². The number of carbonyl (C=O) groups excluding carboxylic acids is 1. The fourth-order valence-electron chi connectivity index (χ4n) is 3.38. The van der Waals surface area contributed by atoms with Crippen LogP contribution in [-0.2, 0) is 9.84 Å². The number of aryl methyl sites for hydroxylation is 1. The van der Waals surface area contributed by atoms with Crippen LogP contribution in [-0.4, -0.2) is 56.6 Å². The van der Waals surface area contributed by atoms with Crippen LogP contribution in [0.1, 0.15) is 29.8 Å². The Labute approximate surface area is 204 Å². The molecule has 32 heavy (non-hydrogen) atoms. The lowest BCUT2D eigenvalue weighted by atomic mass is 10.2. The zero-order valence-electron chi connectivity index (χ0n) is 18.5. The van der Waals surface area contributed by atoms with Gasteiger partial charge in [0, 0.05) is 19.3 Å². The Kier molecular flexibility index (Phi) is 9.07. The van der Waals surface area contributed by atoms with E-state index in [1.807, 2.05) is 19.1 Å². The van der Waals surface area contributed by atoms with Crippen LogP contribution in [0, 0.1) is 6.92 Å². The van der Waals surface area contributed by atoms with Crippen molar-refractivity contribution in [1.82, 2.24) is 9.88 Å². The summed E-state index contributed by atoms with van der Waals surface area (Å²) in [7, 11) is -3.57. The summed E-state index contributed by atoms with van der Waals surface area (Å²) in [6, 6.07) is 10.0. The van der Waals surface area contributed by atoms with Gasteiger partial charge in [-0.1, -0.05) is 55.0 Å². The normalized spacial score (nSPS) is 11.6. The number of carbonyl (C=O) groups is 1. The summed E-state index contributed by atoms with van der Waals surface area (Å²) < 4.78 is 25.4. The first kappa shape index (κ1) is 26.5. The summed E-state index contributed by atoms with van der Waals surface area (Å²) in [5, 5.41) is 1.09. The number of fused-ring (bicyclic) bond motifs is 1. The summed E-state index contributed by atoms with van der Waals surface area (Å²) in [5.41, 5.74) is 1.87. The number of halogens is 2. The maximum absolute atomic E-state index is 13.6. The van der Waals surface area contributed by atoms with Gasteiger partial charge in [0.2, 0.25) is 0 Å². The van der Waals surface area contributed by atoms with E-state index in [1.165, 1.54) is 17.4 Å². The number of sulfone groups is 1. The lowest BCUT2D eigenvalue weighted by molar-refractivity contribution is 0.0980. The number of thiazole rings is 1. The van der Waals surface area contributed by atoms with Crippen molar-refractivity contribution < 1.29 is 13.2 Å². The molecule has 3 rings (SSSR count). The van der Waals surface area contributed by atoms with Crippen molar-refractivity contribution in [2.24, 2.45) is 0 Å². The lowest BCUT2D eigenvalue weighted by Crippen LogP contribution is -2.39. The Hall–Kier alpha value is -1.71. The van der Waals surface area contributed by atoms with E-state index in [1.54, 1.807) is 23.1 Å². The van der Waals surface area contributed by atoms with Crippen molar-refractivity contribution >= 4 is 66.4 Å². The van der Waals surface area contributed by atoms with E-state index in [0.717, 1.165) is 35.1 Å². The lowest BCUT2D eigenvalue weighted by Gasteiger charge is -2.25. The highest BCUT2D eigenvalue weighted by Crippen LogP contribution is 2.36. The molecule has 0 unspecified atom stereocenters. The van der Waals surface area contributed by atoms with E-state index >= 15 is 0 Å². The van der Waals surface area contributed by atoms with Crippen molar-refractivity contribution in [2.45, 2.75) is 25.7 Å². The van der Waals surface area contributed by atoms with Crippen molar-refractivity contribution in [2.75, 3.05) is 37.3 Å². The van der Waals surface area contributed by atoms with Gasteiger partial charge in [-0.05, 0) is 43.8 Å². The maximum Gasteiger partial charge on any atom is 0.261 e. The number of anilines is 1. The molecule has 1 aromatic heterocycles. The molecule has 0 fully saturated rings. The number of nitrogens with zero attached hydrogens (tertiary/aromatic N) is 3. The Morgan fingerprint density at radius 2 is 1.75 bits per heavy atom. The highest BCUT2D eigenvalue weighted by molar-refractivity contribution is 7.90. The standard InChI is InChI=1S/C22H26ClN3O3S2.ClH/c1-5-25(6-2)13-14-26(21(27)16-9-7-8-10-18(16)31(4,28)29)22-24-19-15(3)11-12-17(23)20(19)30-22;/h7-12H,5-6,13-14H2,1-4H3;1H. The molecule has 1 amide bonds. The number of benzene rings is 2. The van der Waals surface area contributed by atoms with Gasteiger partial charge >= 0.3 is 0 Å².